The lowest BCUT2D eigenvalue weighted by molar-refractivity contribution is -0.142. The number of benzene rings is 2. The minimum absolute atomic E-state index is 0.113. The highest BCUT2D eigenvalue weighted by Gasteiger charge is 2.26. The van der Waals surface area contributed by atoms with Crippen LogP contribution in [-0.4, -0.2) is 43.5 Å². The summed E-state index contributed by atoms with van der Waals surface area (Å²) in [4.78, 5) is 26.8. The highest BCUT2D eigenvalue weighted by molar-refractivity contribution is 5.87. The Morgan fingerprint density at radius 1 is 1.07 bits per heavy atom. The van der Waals surface area contributed by atoms with E-state index in [1.807, 2.05) is 48.5 Å². The fourth-order valence-corrected chi connectivity index (χ4v) is 3.15. The van der Waals surface area contributed by atoms with E-state index in [0.29, 0.717) is 12.3 Å². The molecule has 0 saturated carbocycles. The Morgan fingerprint density at radius 2 is 1.70 bits per heavy atom. The molecule has 1 N–H and O–H groups in total. The number of likely N-dealkylation sites (N-methyl/N-ethyl adjacent to an activating group) is 1. The van der Waals surface area contributed by atoms with Gasteiger partial charge in [0.05, 0.1) is 7.11 Å². The molecule has 0 aliphatic rings. The maximum absolute atomic E-state index is 13.1. The molecule has 0 fully saturated rings. The van der Waals surface area contributed by atoms with Crippen molar-refractivity contribution >= 4 is 11.8 Å². The Kier molecular flexibility index (Phi) is 7.86. The van der Waals surface area contributed by atoms with Crippen LogP contribution in [0.15, 0.2) is 48.5 Å². The normalized spacial score (nSPS) is 12.1. The van der Waals surface area contributed by atoms with E-state index < -0.39 is 6.04 Å². The van der Waals surface area contributed by atoms with Gasteiger partial charge in [-0.25, -0.2) is 0 Å². The van der Waals surface area contributed by atoms with Crippen LogP contribution in [0, 0.1) is 0 Å². The first-order chi connectivity index (χ1) is 14.2. The molecule has 0 saturated heterocycles. The molecular formula is C24H32N2O4. The maximum atomic E-state index is 13.1. The Bertz CT molecular complexity index is 856. The largest absolute Gasteiger partial charge is 0.497 e. The summed E-state index contributed by atoms with van der Waals surface area (Å²) in [6.45, 7) is 8.15. The van der Waals surface area contributed by atoms with Crippen LogP contribution in [0.3, 0.4) is 0 Å². The molecule has 1 atom stereocenters. The molecule has 0 spiro atoms. The second-order valence-corrected chi connectivity index (χ2v) is 8.19. The molecule has 6 nitrogen and oxygen atoms in total. The highest BCUT2D eigenvalue weighted by Crippen LogP contribution is 2.31. The molecule has 0 radical (unpaired) electrons. The lowest BCUT2D eigenvalue weighted by atomic mass is 9.86. The molecule has 2 amide bonds. The van der Waals surface area contributed by atoms with Gasteiger partial charge >= 0.3 is 0 Å². The van der Waals surface area contributed by atoms with Gasteiger partial charge < -0.3 is 19.7 Å². The van der Waals surface area contributed by atoms with E-state index in [4.69, 9.17) is 9.47 Å². The van der Waals surface area contributed by atoms with Gasteiger partial charge in [-0.3, -0.25) is 9.59 Å². The summed E-state index contributed by atoms with van der Waals surface area (Å²) in [6, 6.07) is 14.5. The second-order valence-electron chi connectivity index (χ2n) is 8.19. The summed E-state index contributed by atoms with van der Waals surface area (Å²) in [6.07, 6.45) is 0. The van der Waals surface area contributed by atoms with Crippen molar-refractivity contribution in [3.8, 4) is 11.5 Å². The second kappa shape index (κ2) is 10.1. The number of amides is 2. The summed E-state index contributed by atoms with van der Waals surface area (Å²) in [5.74, 6) is 0.922. The van der Waals surface area contributed by atoms with Crippen molar-refractivity contribution in [1.82, 2.24) is 10.2 Å². The summed E-state index contributed by atoms with van der Waals surface area (Å²) in [5.41, 5.74) is 1.81. The Labute approximate surface area is 179 Å². The molecular weight excluding hydrogens is 380 g/mol. The summed E-state index contributed by atoms with van der Waals surface area (Å²) < 4.78 is 11.1. The van der Waals surface area contributed by atoms with Crippen molar-refractivity contribution < 1.29 is 19.1 Å². The molecule has 162 valence electrons. The van der Waals surface area contributed by atoms with Gasteiger partial charge in [-0.1, -0.05) is 51.1 Å². The molecule has 2 aromatic carbocycles. The summed E-state index contributed by atoms with van der Waals surface area (Å²) in [5, 5.41) is 2.61. The number of hydrogen-bond acceptors (Lipinski definition) is 4. The average Bonchev–Trinajstić information content (AvgIpc) is 2.74. The smallest absolute Gasteiger partial charge is 0.261 e. The van der Waals surface area contributed by atoms with E-state index in [2.05, 4.69) is 26.1 Å². The van der Waals surface area contributed by atoms with Gasteiger partial charge in [-0.2, -0.15) is 0 Å². The van der Waals surface area contributed by atoms with Gasteiger partial charge in [0.15, 0.2) is 6.61 Å². The predicted octanol–water partition coefficient (Wildman–Crippen LogP) is 3.53. The highest BCUT2D eigenvalue weighted by atomic mass is 16.5. The standard InChI is InChI=1S/C24H32N2O4/c1-17(23(28)25-5)26(15-18-11-13-19(29-6)14-12-18)22(27)16-30-21-10-8-7-9-20(21)24(2,3)4/h7-14,17H,15-16H2,1-6H3,(H,25,28). The van der Waals surface area contributed by atoms with Gasteiger partial charge in [0.25, 0.3) is 5.91 Å². The maximum Gasteiger partial charge on any atom is 0.261 e. The van der Waals surface area contributed by atoms with Gasteiger partial charge in [0.2, 0.25) is 5.91 Å². The number of para-hydroxylation sites is 1. The third-order valence-corrected chi connectivity index (χ3v) is 4.97. The minimum Gasteiger partial charge on any atom is -0.497 e. The fraction of sp³-hybridized carbons (Fsp3) is 0.417. The van der Waals surface area contributed by atoms with Crippen molar-refractivity contribution in [2.24, 2.45) is 0 Å². The quantitative estimate of drug-likeness (QED) is 0.720. The van der Waals surface area contributed by atoms with E-state index in [9.17, 15) is 9.59 Å². The van der Waals surface area contributed by atoms with E-state index in [1.54, 1.807) is 21.1 Å². The third-order valence-electron chi connectivity index (χ3n) is 4.97. The SMILES string of the molecule is CNC(=O)C(C)N(Cc1ccc(OC)cc1)C(=O)COc1ccccc1C(C)(C)C. The summed E-state index contributed by atoms with van der Waals surface area (Å²) >= 11 is 0. The van der Waals surface area contributed by atoms with Gasteiger partial charge in [-0.05, 0) is 41.7 Å². The lowest BCUT2D eigenvalue weighted by Crippen LogP contribution is -2.48. The van der Waals surface area contributed by atoms with Gasteiger partial charge in [0.1, 0.15) is 17.5 Å². The van der Waals surface area contributed by atoms with E-state index in [-0.39, 0.29) is 23.8 Å². The number of carbonyl (C=O) groups excluding carboxylic acids is 2. The van der Waals surface area contributed by atoms with Crippen molar-refractivity contribution in [3.63, 3.8) is 0 Å². The van der Waals surface area contributed by atoms with Crippen LogP contribution >= 0.6 is 0 Å². The predicted molar refractivity (Wildman–Crippen MR) is 118 cm³/mol. The molecule has 30 heavy (non-hydrogen) atoms. The number of rotatable bonds is 8. The molecule has 2 rings (SSSR count). The zero-order valence-electron chi connectivity index (χ0n) is 18.7. The molecule has 0 aliphatic carbocycles. The minimum atomic E-state index is -0.633. The van der Waals surface area contributed by atoms with Crippen molar-refractivity contribution in [2.75, 3.05) is 20.8 Å². The average molecular weight is 413 g/mol. The van der Waals surface area contributed by atoms with Crippen LogP contribution in [0.2, 0.25) is 0 Å². The van der Waals surface area contributed by atoms with Crippen LogP contribution in [0.25, 0.3) is 0 Å². The molecule has 0 bridgehead atoms. The van der Waals surface area contributed by atoms with E-state index >= 15 is 0 Å². The third kappa shape index (κ3) is 5.99. The van der Waals surface area contributed by atoms with E-state index in [0.717, 1.165) is 16.9 Å². The van der Waals surface area contributed by atoms with Crippen LogP contribution < -0.4 is 14.8 Å². The molecule has 0 heterocycles. The zero-order valence-corrected chi connectivity index (χ0v) is 18.7. The number of ether oxygens (including phenoxy) is 2. The Hall–Kier alpha value is -3.02. The number of carbonyl (C=O) groups is 2. The first-order valence-corrected chi connectivity index (χ1v) is 10.0. The van der Waals surface area contributed by atoms with Crippen molar-refractivity contribution in [1.29, 1.82) is 0 Å². The first-order valence-electron chi connectivity index (χ1n) is 10.0. The van der Waals surface area contributed by atoms with Crippen LogP contribution in [0.1, 0.15) is 38.8 Å². The number of hydrogen-bond donors (Lipinski definition) is 1. The van der Waals surface area contributed by atoms with Crippen molar-refractivity contribution in [3.05, 3.63) is 59.7 Å². The van der Waals surface area contributed by atoms with Gasteiger partial charge in [0, 0.05) is 13.6 Å². The topological polar surface area (TPSA) is 67.9 Å². The molecule has 1 unspecified atom stereocenters. The lowest BCUT2D eigenvalue weighted by Gasteiger charge is -2.29. The van der Waals surface area contributed by atoms with Crippen LogP contribution in [-0.2, 0) is 21.5 Å². The van der Waals surface area contributed by atoms with Crippen LogP contribution in [0.5, 0.6) is 11.5 Å². The van der Waals surface area contributed by atoms with Gasteiger partial charge in [-0.15, -0.1) is 0 Å². The van der Waals surface area contributed by atoms with E-state index in [1.165, 1.54) is 4.90 Å². The zero-order chi connectivity index (χ0) is 22.3. The molecule has 2 aromatic rings. The van der Waals surface area contributed by atoms with Crippen molar-refractivity contribution in [2.45, 2.75) is 45.7 Å². The monoisotopic (exact) mass is 412 g/mol. The summed E-state index contributed by atoms with van der Waals surface area (Å²) in [7, 11) is 3.16. The Balaban J connectivity index is 2.19. The number of nitrogens with one attached hydrogen (secondary N) is 1. The molecule has 0 aliphatic heterocycles. The van der Waals surface area contributed by atoms with Crippen LogP contribution in [0.4, 0.5) is 0 Å². The fourth-order valence-electron chi connectivity index (χ4n) is 3.15. The number of methoxy groups -OCH3 is 1. The first kappa shape index (κ1) is 23.3. The number of nitrogens with zero attached hydrogens (tertiary/aromatic N) is 1. The molecule has 6 heteroatoms. The Morgan fingerprint density at radius 3 is 2.27 bits per heavy atom. The molecule has 0 aromatic heterocycles.